The van der Waals surface area contributed by atoms with Gasteiger partial charge in [-0.2, -0.15) is 0 Å². The fourth-order valence-electron chi connectivity index (χ4n) is 1.57. The minimum Gasteiger partial charge on any atom is -0.396 e. The predicted molar refractivity (Wildman–Crippen MR) is 66.5 cm³/mol. The summed E-state index contributed by atoms with van der Waals surface area (Å²) in [4.78, 5) is 15.4. The van der Waals surface area contributed by atoms with E-state index in [1.165, 1.54) is 0 Å². The second-order valence-corrected chi connectivity index (χ2v) is 4.02. The summed E-state index contributed by atoms with van der Waals surface area (Å²) in [5, 5.41) is 11.5. The third-order valence-corrected chi connectivity index (χ3v) is 2.52. The van der Waals surface area contributed by atoms with Gasteiger partial charge in [-0.1, -0.05) is 12.8 Å². The number of nitrogens with one attached hydrogen (secondary N) is 1. The molecule has 0 aliphatic carbocycles. The van der Waals surface area contributed by atoms with Crippen molar-refractivity contribution in [2.24, 2.45) is 0 Å². The van der Waals surface area contributed by atoms with Crippen LogP contribution in [-0.4, -0.2) is 29.1 Å². The summed E-state index contributed by atoms with van der Waals surface area (Å²) in [7, 11) is 0. The van der Waals surface area contributed by atoms with Crippen LogP contribution in [0.3, 0.4) is 0 Å². The van der Waals surface area contributed by atoms with Gasteiger partial charge < -0.3 is 10.4 Å². The molecule has 0 radical (unpaired) electrons. The summed E-state index contributed by atoms with van der Waals surface area (Å²) in [6, 6.07) is 3.70. The highest BCUT2D eigenvalue weighted by atomic mass is 16.2. The molecule has 4 heteroatoms. The smallest absolute Gasteiger partial charge is 0.224 e. The average molecular weight is 236 g/mol. The van der Waals surface area contributed by atoms with E-state index >= 15 is 0 Å². The van der Waals surface area contributed by atoms with E-state index in [4.69, 9.17) is 5.11 Å². The highest BCUT2D eigenvalue weighted by Crippen LogP contribution is 1.99. The second kappa shape index (κ2) is 8.70. The molecular weight excluding hydrogens is 216 g/mol. The highest BCUT2D eigenvalue weighted by molar-refractivity contribution is 5.78. The van der Waals surface area contributed by atoms with Gasteiger partial charge in [0.15, 0.2) is 0 Å². The zero-order valence-corrected chi connectivity index (χ0v) is 10.1. The van der Waals surface area contributed by atoms with E-state index in [2.05, 4.69) is 10.3 Å². The van der Waals surface area contributed by atoms with Gasteiger partial charge in [0.05, 0.1) is 6.42 Å². The Morgan fingerprint density at radius 1 is 1.18 bits per heavy atom. The maximum Gasteiger partial charge on any atom is 0.224 e. The van der Waals surface area contributed by atoms with Crippen molar-refractivity contribution in [3.8, 4) is 0 Å². The largest absolute Gasteiger partial charge is 0.396 e. The molecule has 0 unspecified atom stereocenters. The first-order valence-corrected chi connectivity index (χ1v) is 6.09. The van der Waals surface area contributed by atoms with Crippen molar-refractivity contribution in [1.82, 2.24) is 10.3 Å². The van der Waals surface area contributed by atoms with Gasteiger partial charge in [-0.05, 0) is 30.5 Å². The van der Waals surface area contributed by atoms with Crippen molar-refractivity contribution in [2.75, 3.05) is 13.2 Å². The zero-order valence-electron chi connectivity index (χ0n) is 10.1. The Labute approximate surface area is 102 Å². The first kappa shape index (κ1) is 13.6. The lowest BCUT2D eigenvalue weighted by atomic mass is 10.2. The van der Waals surface area contributed by atoms with Crippen LogP contribution >= 0.6 is 0 Å². The SMILES string of the molecule is O=C(Cc1ccncc1)NCCCCCCO. The molecule has 0 aliphatic rings. The minimum absolute atomic E-state index is 0.0540. The summed E-state index contributed by atoms with van der Waals surface area (Å²) in [5.41, 5.74) is 0.984. The van der Waals surface area contributed by atoms with Crippen LogP contribution in [0.25, 0.3) is 0 Å². The Kier molecular flexibility index (Phi) is 6.98. The van der Waals surface area contributed by atoms with Crippen molar-refractivity contribution in [3.63, 3.8) is 0 Å². The molecule has 0 bridgehead atoms. The van der Waals surface area contributed by atoms with Gasteiger partial charge in [0.25, 0.3) is 0 Å². The molecule has 94 valence electrons. The maximum absolute atomic E-state index is 11.5. The van der Waals surface area contributed by atoms with Crippen molar-refractivity contribution < 1.29 is 9.90 Å². The normalized spacial score (nSPS) is 10.2. The number of carbonyl (C=O) groups excluding carboxylic acids is 1. The monoisotopic (exact) mass is 236 g/mol. The molecule has 0 aliphatic heterocycles. The van der Waals surface area contributed by atoms with Gasteiger partial charge in [0.1, 0.15) is 0 Å². The molecule has 17 heavy (non-hydrogen) atoms. The fraction of sp³-hybridized carbons (Fsp3) is 0.538. The molecule has 0 aromatic carbocycles. The molecule has 0 fully saturated rings. The molecular formula is C13H20N2O2. The molecule has 2 N–H and O–H groups in total. The Morgan fingerprint density at radius 2 is 1.88 bits per heavy atom. The summed E-state index contributed by atoms with van der Waals surface area (Å²) in [6.07, 6.45) is 7.70. The lowest BCUT2D eigenvalue weighted by Crippen LogP contribution is -2.26. The van der Waals surface area contributed by atoms with E-state index in [0.717, 1.165) is 37.8 Å². The molecule has 0 atom stereocenters. The van der Waals surface area contributed by atoms with E-state index in [0.29, 0.717) is 6.42 Å². The second-order valence-electron chi connectivity index (χ2n) is 4.02. The third-order valence-electron chi connectivity index (χ3n) is 2.52. The van der Waals surface area contributed by atoms with E-state index in [9.17, 15) is 4.79 Å². The van der Waals surface area contributed by atoms with Crippen molar-refractivity contribution in [1.29, 1.82) is 0 Å². The van der Waals surface area contributed by atoms with Gasteiger partial charge in [0.2, 0.25) is 5.91 Å². The van der Waals surface area contributed by atoms with Gasteiger partial charge in [0, 0.05) is 25.5 Å². The third kappa shape index (κ3) is 6.68. The first-order valence-electron chi connectivity index (χ1n) is 6.09. The van der Waals surface area contributed by atoms with Crippen LogP contribution in [0.2, 0.25) is 0 Å². The molecule has 1 heterocycles. The van der Waals surface area contributed by atoms with Crippen LogP contribution < -0.4 is 5.32 Å². The molecule has 1 aromatic heterocycles. The number of unbranched alkanes of at least 4 members (excludes halogenated alkanes) is 3. The van der Waals surface area contributed by atoms with Crippen molar-refractivity contribution >= 4 is 5.91 Å². The predicted octanol–water partition coefficient (Wildman–Crippen LogP) is 1.29. The number of hydrogen-bond donors (Lipinski definition) is 2. The number of nitrogens with zero attached hydrogens (tertiary/aromatic N) is 1. The van der Waals surface area contributed by atoms with E-state index in [1.54, 1.807) is 12.4 Å². The Balaban J connectivity index is 2.06. The zero-order chi connectivity index (χ0) is 12.3. The number of rotatable bonds is 8. The highest BCUT2D eigenvalue weighted by Gasteiger charge is 2.01. The van der Waals surface area contributed by atoms with Crippen LogP contribution in [0.5, 0.6) is 0 Å². The van der Waals surface area contributed by atoms with Crippen LogP contribution in [0, 0.1) is 0 Å². The lowest BCUT2D eigenvalue weighted by Gasteiger charge is -2.04. The quantitative estimate of drug-likeness (QED) is 0.669. The molecule has 1 aromatic rings. The first-order chi connectivity index (χ1) is 8.33. The minimum atomic E-state index is 0.0540. The Bertz CT molecular complexity index is 314. The van der Waals surface area contributed by atoms with Gasteiger partial charge in [-0.15, -0.1) is 0 Å². The fourth-order valence-corrected chi connectivity index (χ4v) is 1.57. The summed E-state index contributed by atoms with van der Waals surface area (Å²) in [5.74, 6) is 0.0540. The van der Waals surface area contributed by atoms with Crippen molar-refractivity contribution in [2.45, 2.75) is 32.1 Å². The van der Waals surface area contributed by atoms with E-state index in [-0.39, 0.29) is 12.5 Å². The van der Waals surface area contributed by atoms with Crippen LogP contribution in [0.1, 0.15) is 31.2 Å². The van der Waals surface area contributed by atoms with Crippen LogP contribution in [0.15, 0.2) is 24.5 Å². The average Bonchev–Trinajstić information content (AvgIpc) is 2.35. The number of pyridine rings is 1. The summed E-state index contributed by atoms with van der Waals surface area (Å²) in [6.45, 7) is 0.976. The molecule has 1 amide bonds. The maximum atomic E-state index is 11.5. The Hall–Kier alpha value is -1.42. The topological polar surface area (TPSA) is 62.2 Å². The van der Waals surface area contributed by atoms with E-state index in [1.807, 2.05) is 12.1 Å². The number of aromatic nitrogens is 1. The molecule has 1 rings (SSSR count). The number of aliphatic hydroxyl groups excluding tert-OH is 1. The standard InChI is InChI=1S/C13H20N2O2/c16-10-4-2-1-3-7-15-13(17)11-12-5-8-14-9-6-12/h5-6,8-9,16H,1-4,7,10-11H2,(H,15,17). The number of amides is 1. The van der Waals surface area contributed by atoms with Crippen LogP contribution in [-0.2, 0) is 11.2 Å². The van der Waals surface area contributed by atoms with Gasteiger partial charge in [-0.25, -0.2) is 0 Å². The summed E-state index contributed by atoms with van der Waals surface area (Å²) < 4.78 is 0. The van der Waals surface area contributed by atoms with Gasteiger partial charge in [-0.3, -0.25) is 9.78 Å². The van der Waals surface area contributed by atoms with Crippen LogP contribution in [0.4, 0.5) is 0 Å². The molecule has 0 saturated carbocycles. The lowest BCUT2D eigenvalue weighted by molar-refractivity contribution is -0.120. The summed E-state index contributed by atoms with van der Waals surface area (Å²) >= 11 is 0. The molecule has 4 nitrogen and oxygen atoms in total. The molecule has 0 spiro atoms. The molecule has 0 saturated heterocycles. The van der Waals surface area contributed by atoms with Crippen molar-refractivity contribution in [3.05, 3.63) is 30.1 Å². The number of hydrogen-bond acceptors (Lipinski definition) is 3. The van der Waals surface area contributed by atoms with E-state index < -0.39 is 0 Å². The number of carbonyl (C=O) groups is 1. The Morgan fingerprint density at radius 3 is 2.59 bits per heavy atom. The number of aliphatic hydroxyl groups is 1. The van der Waals surface area contributed by atoms with Gasteiger partial charge >= 0.3 is 0 Å².